The molecule has 2 aromatic heterocycles. The zero-order valence-corrected chi connectivity index (χ0v) is 14.1. The number of carbonyl (C=O) groups is 1. The predicted molar refractivity (Wildman–Crippen MR) is 92.2 cm³/mol. The van der Waals surface area contributed by atoms with Gasteiger partial charge in [-0.05, 0) is 51.3 Å². The van der Waals surface area contributed by atoms with E-state index in [2.05, 4.69) is 20.4 Å². The highest BCUT2D eigenvalue weighted by Gasteiger charge is 2.22. The number of carbonyl (C=O) groups excluding carboxylic acids is 1. The fourth-order valence-electron chi connectivity index (χ4n) is 3.23. The van der Waals surface area contributed by atoms with Gasteiger partial charge in [-0.2, -0.15) is 5.10 Å². The monoisotopic (exact) mass is 321 g/mol. The molecular formula is C18H19N5O. The molecule has 0 unspecified atom stereocenters. The van der Waals surface area contributed by atoms with Crippen LogP contribution in [-0.2, 0) is 19.9 Å². The number of amides is 1. The van der Waals surface area contributed by atoms with Crippen LogP contribution in [0, 0.1) is 13.8 Å². The quantitative estimate of drug-likeness (QED) is 0.787. The first kappa shape index (κ1) is 14.8. The Bertz CT molecular complexity index is 973. The second-order valence-corrected chi connectivity index (χ2v) is 6.30. The number of benzene rings is 1. The number of hydrogen-bond donors (Lipinski definition) is 1. The van der Waals surface area contributed by atoms with Gasteiger partial charge in [0.05, 0.1) is 28.1 Å². The first-order valence-corrected chi connectivity index (χ1v) is 8.14. The molecule has 0 saturated heterocycles. The molecule has 1 aliphatic carbocycles. The van der Waals surface area contributed by atoms with Crippen LogP contribution in [0.3, 0.4) is 0 Å². The lowest BCUT2D eigenvalue weighted by molar-refractivity contribution is 0.102. The van der Waals surface area contributed by atoms with E-state index in [-0.39, 0.29) is 5.91 Å². The van der Waals surface area contributed by atoms with Crippen LogP contribution in [0.15, 0.2) is 18.2 Å². The number of aromatic nitrogens is 4. The topological polar surface area (TPSA) is 72.7 Å². The summed E-state index contributed by atoms with van der Waals surface area (Å²) < 4.78 is 1.76. The molecule has 2 heterocycles. The first-order chi connectivity index (χ1) is 11.5. The molecule has 1 amide bonds. The first-order valence-electron chi connectivity index (χ1n) is 8.14. The minimum atomic E-state index is -0.144. The van der Waals surface area contributed by atoms with Gasteiger partial charge in [0.1, 0.15) is 5.82 Å². The molecule has 0 fully saturated rings. The molecule has 0 spiro atoms. The fourth-order valence-corrected chi connectivity index (χ4v) is 3.23. The van der Waals surface area contributed by atoms with Gasteiger partial charge in [-0.3, -0.25) is 9.48 Å². The summed E-state index contributed by atoms with van der Waals surface area (Å²) in [6, 6.07) is 5.43. The third-order valence-corrected chi connectivity index (χ3v) is 4.64. The van der Waals surface area contributed by atoms with Gasteiger partial charge in [-0.25, -0.2) is 9.97 Å². The SMILES string of the molecule is Cc1nc2ccc(C(=O)Nc3c4c(nn3C)CCC4)cc2nc1C. The zero-order chi connectivity index (χ0) is 16.8. The van der Waals surface area contributed by atoms with E-state index >= 15 is 0 Å². The Hall–Kier alpha value is -2.76. The summed E-state index contributed by atoms with van der Waals surface area (Å²) in [4.78, 5) is 21.7. The molecule has 0 atom stereocenters. The molecule has 1 N–H and O–H groups in total. The van der Waals surface area contributed by atoms with Gasteiger partial charge in [0.25, 0.3) is 5.91 Å². The fraction of sp³-hybridized carbons (Fsp3) is 0.333. The molecule has 0 saturated carbocycles. The molecule has 1 aliphatic rings. The average molecular weight is 321 g/mol. The van der Waals surface area contributed by atoms with Crippen molar-refractivity contribution in [3.8, 4) is 0 Å². The number of aryl methyl sites for hydroxylation is 4. The van der Waals surface area contributed by atoms with Crippen LogP contribution in [0.4, 0.5) is 5.82 Å². The van der Waals surface area contributed by atoms with Gasteiger partial charge in [0, 0.05) is 18.2 Å². The summed E-state index contributed by atoms with van der Waals surface area (Å²) in [7, 11) is 1.87. The maximum absolute atomic E-state index is 12.7. The van der Waals surface area contributed by atoms with E-state index in [1.807, 2.05) is 27.0 Å². The highest BCUT2D eigenvalue weighted by Crippen LogP contribution is 2.28. The van der Waals surface area contributed by atoms with Crippen molar-refractivity contribution in [1.29, 1.82) is 0 Å². The molecule has 24 heavy (non-hydrogen) atoms. The summed E-state index contributed by atoms with van der Waals surface area (Å²) in [6.45, 7) is 3.86. The highest BCUT2D eigenvalue weighted by molar-refractivity contribution is 6.05. The molecule has 3 aromatic rings. The van der Waals surface area contributed by atoms with Crippen LogP contribution in [0.5, 0.6) is 0 Å². The van der Waals surface area contributed by atoms with Crippen LogP contribution in [0.25, 0.3) is 11.0 Å². The second kappa shape index (κ2) is 5.40. The van der Waals surface area contributed by atoms with Crippen molar-refractivity contribution in [2.75, 3.05) is 5.32 Å². The van der Waals surface area contributed by atoms with Gasteiger partial charge >= 0.3 is 0 Å². The molecule has 0 bridgehead atoms. The molecule has 122 valence electrons. The third-order valence-electron chi connectivity index (χ3n) is 4.64. The molecular weight excluding hydrogens is 302 g/mol. The van der Waals surface area contributed by atoms with Crippen molar-refractivity contribution >= 4 is 22.8 Å². The number of anilines is 1. The average Bonchev–Trinajstić information content (AvgIpc) is 3.11. The molecule has 4 rings (SSSR count). The minimum Gasteiger partial charge on any atom is -0.307 e. The van der Waals surface area contributed by atoms with E-state index in [9.17, 15) is 4.79 Å². The van der Waals surface area contributed by atoms with Gasteiger partial charge in [0.15, 0.2) is 0 Å². The summed E-state index contributed by atoms with van der Waals surface area (Å²) in [5.41, 5.74) is 6.17. The zero-order valence-electron chi connectivity index (χ0n) is 14.1. The highest BCUT2D eigenvalue weighted by atomic mass is 16.1. The number of fused-ring (bicyclic) bond motifs is 2. The summed E-state index contributed by atoms with van der Waals surface area (Å²) >= 11 is 0. The predicted octanol–water partition coefficient (Wildman–Crippen LogP) is 2.72. The number of nitrogens with one attached hydrogen (secondary N) is 1. The van der Waals surface area contributed by atoms with E-state index < -0.39 is 0 Å². The Balaban J connectivity index is 1.67. The van der Waals surface area contributed by atoms with E-state index in [1.54, 1.807) is 16.8 Å². The molecule has 1 aromatic carbocycles. The van der Waals surface area contributed by atoms with Crippen molar-refractivity contribution in [3.05, 3.63) is 46.4 Å². The van der Waals surface area contributed by atoms with Crippen molar-refractivity contribution < 1.29 is 4.79 Å². The Kier molecular flexibility index (Phi) is 3.33. The number of nitrogens with zero attached hydrogens (tertiary/aromatic N) is 4. The Labute approximate surface area is 139 Å². The van der Waals surface area contributed by atoms with Crippen molar-refractivity contribution in [2.24, 2.45) is 7.05 Å². The Morgan fingerprint density at radius 2 is 1.88 bits per heavy atom. The molecule has 0 radical (unpaired) electrons. The summed E-state index contributed by atoms with van der Waals surface area (Å²) in [6.07, 6.45) is 3.06. The maximum Gasteiger partial charge on any atom is 0.256 e. The maximum atomic E-state index is 12.7. The standard InChI is InChI=1S/C18H19N5O/c1-10-11(2)20-16-9-12(7-8-15(16)19-10)18(24)21-17-13-5-4-6-14(13)22-23(17)3/h7-9H,4-6H2,1-3H3,(H,21,24). The Morgan fingerprint density at radius 1 is 1.12 bits per heavy atom. The lowest BCUT2D eigenvalue weighted by atomic mass is 10.1. The van der Waals surface area contributed by atoms with Crippen LogP contribution < -0.4 is 5.32 Å². The number of rotatable bonds is 2. The van der Waals surface area contributed by atoms with E-state index in [1.165, 1.54) is 0 Å². The lowest BCUT2D eigenvalue weighted by Crippen LogP contribution is -2.15. The molecule has 6 heteroatoms. The van der Waals surface area contributed by atoms with Crippen LogP contribution >= 0.6 is 0 Å². The van der Waals surface area contributed by atoms with Gasteiger partial charge in [0.2, 0.25) is 0 Å². The van der Waals surface area contributed by atoms with Crippen molar-refractivity contribution in [1.82, 2.24) is 19.7 Å². The van der Waals surface area contributed by atoms with Crippen LogP contribution in [-0.4, -0.2) is 25.7 Å². The van der Waals surface area contributed by atoms with E-state index in [0.717, 1.165) is 58.8 Å². The Morgan fingerprint density at radius 3 is 2.67 bits per heavy atom. The van der Waals surface area contributed by atoms with Gasteiger partial charge < -0.3 is 5.32 Å². The van der Waals surface area contributed by atoms with Crippen LogP contribution in [0.2, 0.25) is 0 Å². The van der Waals surface area contributed by atoms with E-state index in [4.69, 9.17) is 0 Å². The normalized spacial score (nSPS) is 13.3. The van der Waals surface area contributed by atoms with Crippen molar-refractivity contribution in [3.63, 3.8) is 0 Å². The second-order valence-electron chi connectivity index (χ2n) is 6.30. The summed E-state index contributed by atoms with van der Waals surface area (Å²) in [5, 5.41) is 7.50. The molecule has 6 nitrogen and oxygen atoms in total. The van der Waals surface area contributed by atoms with Crippen LogP contribution in [0.1, 0.15) is 39.4 Å². The van der Waals surface area contributed by atoms with Crippen molar-refractivity contribution in [2.45, 2.75) is 33.1 Å². The lowest BCUT2D eigenvalue weighted by Gasteiger charge is -2.09. The van der Waals surface area contributed by atoms with Gasteiger partial charge in [-0.15, -0.1) is 0 Å². The van der Waals surface area contributed by atoms with Gasteiger partial charge in [-0.1, -0.05) is 0 Å². The minimum absolute atomic E-state index is 0.144. The summed E-state index contributed by atoms with van der Waals surface area (Å²) in [5.74, 6) is 0.661. The number of hydrogen-bond acceptors (Lipinski definition) is 4. The molecule has 0 aliphatic heterocycles. The smallest absolute Gasteiger partial charge is 0.256 e. The van der Waals surface area contributed by atoms with E-state index in [0.29, 0.717) is 5.56 Å². The largest absolute Gasteiger partial charge is 0.307 e. The third kappa shape index (κ3) is 2.35.